The Hall–Kier alpha value is -1.30. The lowest BCUT2D eigenvalue weighted by Gasteiger charge is -2.23. The Labute approximate surface area is 126 Å². The smallest absolute Gasteiger partial charge is 0.119 e. The van der Waals surface area contributed by atoms with Gasteiger partial charge < -0.3 is 24.8 Å². The van der Waals surface area contributed by atoms with Crippen molar-refractivity contribution in [1.29, 1.82) is 0 Å². The molecule has 0 saturated carbocycles. The van der Waals surface area contributed by atoms with Crippen molar-refractivity contribution < 1.29 is 14.6 Å². The molecule has 0 radical (unpaired) electrons. The molecule has 1 aliphatic rings. The van der Waals surface area contributed by atoms with Crippen molar-refractivity contribution >= 4 is 0 Å². The first-order valence-electron chi connectivity index (χ1n) is 7.65. The Morgan fingerprint density at radius 2 is 2.05 bits per heavy atom. The number of aliphatic hydroxyl groups excluding tert-OH is 1. The molecule has 1 atom stereocenters. The molecule has 5 heteroatoms. The maximum Gasteiger partial charge on any atom is 0.119 e. The Balaban J connectivity index is 1.66. The molecule has 0 bridgehead atoms. The number of nitrogens with one attached hydrogen (secondary N) is 1. The van der Waals surface area contributed by atoms with Gasteiger partial charge in [0.05, 0.1) is 20.3 Å². The second-order valence-corrected chi connectivity index (χ2v) is 5.37. The molecule has 1 heterocycles. The molecule has 21 heavy (non-hydrogen) atoms. The molecule has 1 unspecified atom stereocenters. The van der Waals surface area contributed by atoms with Crippen LogP contribution in [0.25, 0.3) is 0 Å². The van der Waals surface area contributed by atoms with Gasteiger partial charge in [-0.1, -0.05) is 0 Å². The molecular formula is C16H26N2O3. The van der Waals surface area contributed by atoms with Crippen LogP contribution < -0.4 is 14.8 Å². The van der Waals surface area contributed by atoms with E-state index in [1.807, 2.05) is 24.3 Å². The number of benzene rings is 1. The Morgan fingerprint density at radius 3 is 2.76 bits per heavy atom. The Morgan fingerprint density at radius 1 is 1.29 bits per heavy atom. The van der Waals surface area contributed by atoms with Crippen LogP contribution in [0.2, 0.25) is 0 Å². The molecular weight excluding hydrogens is 268 g/mol. The van der Waals surface area contributed by atoms with Gasteiger partial charge in [0, 0.05) is 19.1 Å². The second-order valence-electron chi connectivity index (χ2n) is 5.37. The molecule has 1 aromatic carbocycles. The molecule has 0 aromatic heterocycles. The molecule has 0 aliphatic carbocycles. The van der Waals surface area contributed by atoms with Gasteiger partial charge in [0.1, 0.15) is 11.5 Å². The van der Waals surface area contributed by atoms with Crippen LogP contribution in [0.4, 0.5) is 0 Å². The largest absolute Gasteiger partial charge is 0.497 e. The normalized spacial score (nSPS) is 20.0. The third-order valence-corrected chi connectivity index (χ3v) is 3.73. The summed E-state index contributed by atoms with van der Waals surface area (Å²) in [6, 6.07) is 7.87. The number of methoxy groups -OCH3 is 1. The van der Waals surface area contributed by atoms with Crippen LogP contribution in [-0.4, -0.2) is 62.6 Å². The van der Waals surface area contributed by atoms with Crippen molar-refractivity contribution in [2.45, 2.75) is 18.9 Å². The number of ether oxygens (including phenoxy) is 2. The van der Waals surface area contributed by atoms with E-state index in [-0.39, 0.29) is 12.6 Å². The highest BCUT2D eigenvalue weighted by atomic mass is 16.5. The summed E-state index contributed by atoms with van der Waals surface area (Å²) in [5, 5.41) is 12.6. The zero-order valence-electron chi connectivity index (χ0n) is 12.8. The van der Waals surface area contributed by atoms with Gasteiger partial charge in [0.25, 0.3) is 0 Å². The van der Waals surface area contributed by atoms with Crippen LogP contribution in [0.15, 0.2) is 24.3 Å². The summed E-state index contributed by atoms with van der Waals surface area (Å²) in [5.74, 6) is 1.72. The Kier molecular flexibility index (Phi) is 6.79. The van der Waals surface area contributed by atoms with Gasteiger partial charge in [0.15, 0.2) is 0 Å². The fourth-order valence-electron chi connectivity index (χ4n) is 2.55. The third-order valence-electron chi connectivity index (χ3n) is 3.73. The topological polar surface area (TPSA) is 54.0 Å². The summed E-state index contributed by atoms with van der Waals surface area (Å²) in [5.41, 5.74) is 0. The van der Waals surface area contributed by atoms with E-state index in [9.17, 15) is 5.11 Å². The maximum atomic E-state index is 9.27. The summed E-state index contributed by atoms with van der Waals surface area (Å²) in [6.45, 7) is 4.92. The van der Waals surface area contributed by atoms with Crippen LogP contribution in [0.1, 0.15) is 12.8 Å². The van der Waals surface area contributed by atoms with Crippen molar-refractivity contribution in [3.05, 3.63) is 24.3 Å². The van der Waals surface area contributed by atoms with Gasteiger partial charge in [-0.25, -0.2) is 0 Å². The SMILES string of the molecule is COc1ccc(OCCCN2CCCNC(CO)C2)cc1. The first kappa shape index (κ1) is 16.1. The number of aliphatic hydroxyl groups is 1. The minimum absolute atomic E-state index is 0.204. The zero-order chi connectivity index (χ0) is 14.9. The third kappa shape index (κ3) is 5.53. The monoisotopic (exact) mass is 294 g/mol. The quantitative estimate of drug-likeness (QED) is 0.738. The molecule has 1 aliphatic heterocycles. The molecule has 5 nitrogen and oxygen atoms in total. The second kappa shape index (κ2) is 8.87. The van der Waals surface area contributed by atoms with E-state index in [2.05, 4.69) is 10.2 Å². The van der Waals surface area contributed by atoms with Crippen molar-refractivity contribution in [2.75, 3.05) is 46.5 Å². The molecule has 1 fully saturated rings. The average molecular weight is 294 g/mol. The van der Waals surface area contributed by atoms with Crippen molar-refractivity contribution in [2.24, 2.45) is 0 Å². The summed E-state index contributed by atoms with van der Waals surface area (Å²) in [7, 11) is 1.66. The fraction of sp³-hybridized carbons (Fsp3) is 0.625. The lowest BCUT2D eigenvalue weighted by Crippen LogP contribution is -2.40. The van der Waals surface area contributed by atoms with Crippen molar-refractivity contribution in [3.63, 3.8) is 0 Å². The first-order valence-corrected chi connectivity index (χ1v) is 7.65. The van der Waals surface area contributed by atoms with Gasteiger partial charge in [0.2, 0.25) is 0 Å². The first-order chi connectivity index (χ1) is 10.3. The molecule has 2 rings (SSSR count). The van der Waals surface area contributed by atoms with Crippen LogP contribution in [0.3, 0.4) is 0 Å². The number of rotatable bonds is 7. The Bertz CT molecular complexity index is 397. The van der Waals surface area contributed by atoms with Gasteiger partial charge >= 0.3 is 0 Å². The van der Waals surface area contributed by atoms with Crippen LogP contribution in [0, 0.1) is 0 Å². The molecule has 1 saturated heterocycles. The van der Waals surface area contributed by atoms with E-state index in [0.717, 1.165) is 50.5 Å². The van der Waals surface area contributed by atoms with E-state index in [0.29, 0.717) is 6.61 Å². The summed E-state index contributed by atoms with van der Waals surface area (Å²) < 4.78 is 10.9. The van der Waals surface area contributed by atoms with Gasteiger partial charge in [-0.15, -0.1) is 0 Å². The van der Waals surface area contributed by atoms with Gasteiger partial charge in [-0.05, 0) is 50.2 Å². The van der Waals surface area contributed by atoms with Crippen molar-refractivity contribution in [1.82, 2.24) is 10.2 Å². The minimum atomic E-state index is 0.204. The van der Waals surface area contributed by atoms with E-state index in [4.69, 9.17) is 9.47 Å². The van der Waals surface area contributed by atoms with E-state index >= 15 is 0 Å². The van der Waals surface area contributed by atoms with Gasteiger partial charge in [-0.2, -0.15) is 0 Å². The summed E-state index contributed by atoms with van der Waals surface area (Å²) in [4.78, 5) is 2.40. The predicted octanol–water partition coefficient (Wildman–Crippen LogP) is 1.12. The van der Waals surface area contributed by atoms with E-state index < -0.39 is 0 Å². The number of nitrogens with zero attached hydrogens (tertiary/aromatic N) is 1. The number of hydrogen-bond donors (Lipinski definition) is 2. The average Bonchev–Trinajstić information content (AvgIpc) is 2.77. The number of hydrogen-bond acceptors (Lipinski definition) is 5. The highest BCUT2D eigenvalue weighted by Crippen LogP contribution is 2.17. The van der Waals surface area contributed by atoms with Gasteiger partial charge in [-0.3, -0.25) is 0 Å². The van der Waals surface area contributed by atoms with E-state index in [1.165, 1.54) is 0 Å². The highest BCUT2D eigenvalue weighted by Gasteiger charge is 2.16. The lowest BCUT2D eigenvalue weighted by molar-refractivity contribution is 0.190. The molecule has 2 N–H and O–H groups in total. The zero-order valence-corrected chi connectivity index (χ0v) is 12.8. The summed E-state index contributed by atoms with van der Waals surface area (Å²) >= 11 is 0. The standard InChI is InChI=1S/C16H26N2O3/c1-20-15-4-6-16(7-5-15)21-11-3-10-18-9-2-8-17-14(12-18)13-19/h4-7,14,17,19H,2-3,8-13H2,1H3. The van der Waals surface area contributed by atoms with E-state index in [1.54, 1.807) is 7.11 Å². The lowest BCUT2D eigenvalue weighted by atomic mass is 10.3. The maximum absolute atomic E-state index is 9.27. The van der Waals surface area contributed by atoms with Crippen LogP contribution >= 0.6 is 0 Å². The van der Waals surface area contributed by atoms with Crippen LogP contribution in [0.5, 0.6) is 11.5 Å². The highest BCUT2D eigenvalue weighted by molar-refractivity contribution is 5.31. The molecule has 118 valence electrons. The molecule has 0 spiro atoms. The van der Waals surface area contributed by atoms with Crippen LogP contribution in [-0.2, 0) is 0 Å². The fourth-order valence-corrected chi connectivity index (χ4v) is 2.55. The minimum Gasteiger partial charge on any atom is -0.497 e. The molecule has 0 amide bonds. The predicted molar refractivity (Wildman–Crippen MR) is 83.0 cm³/mol. The molecule has 1 aromatic rings. The summed E-state index contributed by atoms with van der Waals surface area (Å²) in [6.07, 6.45) is 2.13. The van der Waals surface area contributed by atoms with Crippen molar-refractivity contribution in [3.8, 4) is 11.5 Å².